The van der Waals surface area contributed by atoms with E-state index in [2.05, 4.69) is 0 Å². The summed E-state index contributed by atoms with van der Waals surface area (Å²) in [6, 6.07) is 5.04. The average molecular weight is 173 g/mol. The van der Waals surface area contributed by atoms with Crippen molar-refractivity contribution in [1.82, 2.24) is 0 Å². The molecule has 0 bridgehead atoms. The van der Waals surface area contributed by atoms with Gasteiger partial charge in [0.25, 0.3) is 0 Å². The maximum Gasteiger partial charge on any atom is 0.158 e. The second-order valence-electron chi connectivity index (χ2n) is 1.41. The van der Waals surface area contributed by atoms with Crippen molar-refractivity contribution < 1.29 is 25.3 Å². The molecule has 1 aromatic rings. The summed E-state index contributed by atoms with van der Waals surface area (Å²) in [5.74, 6) is -1.60. The molecule has 0 radical (unpaired) electrons. The van der Waals surface area contributed by atoms with Crippen LogP contribution in [0.2, 0.25) is 0 Å². The molecule has 0 fully saturated rings. The first-order valence-corrected chi connectivity index (χ1v) is 2.21. The van der Waals surface area contributed by atoms with Gasteiger partial charge in [-0.05, 0) is 12.1 Å². The van der Waals surface area contributed by atoms with E-state index in [0.717, 1.165) is 12.1 Å². The van der Waals surface area contributed by atoms with Crippen LogP contribution in [0.25, 0.3) is 0 Å². The predicted octanol–water partition coefficient (Wildman–Crippen LogP) is 1.96. The number of rotatable bonds is 0. The summed E-state index contributed by atoms with van der Waals surface area (Å²) in [7, 11) is 0. The first kappa shape index (κ1) is 8.57. The van der Waals surface area contributed by atoms with Crippen LogP contribution >= 0.6 is 0 Å². The molecule has 0 aliphatic carbocycles. The van der Waals surface area contributed by atoms with Crippen LogP contribution in [0.5, 0.6) is 0 Å². The molecule has 0 aliphatic heterocycles. The minimum atomic E-state index is -0.799. The van der Waals surface area contributed by atoms with E-state index < -0.39 is 11.6 Å². The Morgan fingerprint density at radius 1 is 0.889 bits per heavy atom. The molecule has 52 valence electrons. The van der Waals surface area contributed by atoms with Crippen molar-refractivity contribution in [1.29, 1.82) is 0 Å². The second-order valence-corrected chi connectivity index (χ2v) is 1.41. The molecular weight excluding hydrogens is 169 g/mol. The van der Waals surface area contributed by atoms with Crippen molar-refractivity contribution in [3.8, 4) is 0 Å². The van der Waals surface area contributed by atoms with Crippen LogP contribution in [0.3, 0.4) is 0 Å². The zero-order valence-corrected chi connectivity index (χ0v) is 5.37. The van der Waals surface area contributed by atoms with Crippen LogP contribution in [0.15, 0.2) is 24.3 Å². The average Bonchev–Trinajstić information content (AvgIpc) is 1.77. The van der Waals surface area contributed by atoms with E-state index in [1.54, 1.807) is 0 Å². The number of benzene rings is 1. The summed E-state index contributed by atoms with van der Waals surface area (Å²) in [5.41, 5.74) is 0. The Kier molecular flexibility index (Phi) is 3.40. The molecule has 0 aromatic heterocycles. The molecule has 0 spiro atoms. The van der Waals surface area contributed by atoms with Crippen LogP contribution in [0.4, 0.5) is 8.78 Å². The van der Waals surface area contributed by atoms with E-state index in [1.165, 1.54) is 12.1 Å². The maximum atomic E-state index is 11.9. The van der Waals surface area contributed by atoms with Gasteiger partial charge in [0.15, 0.2) is 11.6 Å². The molecule has 0 atom stereocenters. The zero-order chi connectivity index (χ0) is 5.98. The third-order valence-corrected chi connectivity index (χ3v) is 0.824. The summed E-state index contributed by atoms with van der Waals surface area (Å²) in [6.45, 7) is 0. The van der Waals surface area contributed by atoms with Crippen LogP contribution in [-0.2, 0) is 16.5 Å². The molecule has 1 aromatic carbocycles. The van der Waals surface area contributed by atoms with E-state index in [0.29, 0.717) is 0 Å². The van der Waals surface area contributed by atoms with Gasteiger partial charge >= 0.3 is 0 Å². The van der Waals surface area contributed by atoms with Gasteiger partial charge in [0.2, 0.25) is 0 Å². The Morgan fingerprint density at radius 2 is 1.22 bits per heavy atom. The smallest absolute Gasteiger partial charge is 0.158 e. The van der Waals surface area contributed by atoms with E-state index in [4.69, 9.17) is 0 Å². The monoisotopic (exact) mass is 172 g/mol. The van der Waals surface area contributed by atoms with Crippen LogP contribution in [-0.4, -0.2) is 0 Å². The largest absolute Gasteiger partial charge is 0.204 e. The summed E-state index contributed by atoms with van der Waals surface area (Å²) in [6.07, 6.45) is 0. The van der Waals surface area contributed by atoms with Crippen molar-refractivity contribution in [3.63, 3.8) is 0 Å². The summed E-state index contributed by atoms with van der Waals surface area (Å²) >= 11 is 0. The van der Waals surface area contributed by atoms with E-state index in [9.17, 15) is 8.78 Å². The fourth-order valence-electron chi connectivity index (χ4n) is 0.439. The van der Waals surface area contributed by atoms with Crippen molar-refractivity contribution in [2.24, 2.45) is 0 Å². The van der Waals surface area contributed by atoms with Gasteiger partial charge in [-0.3, -0.25) is 0 Å². The molecule has 0 saturated heterocycles. The van der Waals surface area contributed by atoms with Gasteiger partial charge < -0.3 is 0 Å². The van der Waals surface area contributed by atoms with Gasteiger partial charge in [-0.25, -0.2) is 8.78 Å². The van der Waals surface area contributed by atoms with Crippen LogP contribution in [0.1, 0.15) is 0 Å². The standard InChI is InChI=1S/C6H4F2.Ni/c7-5-3-1-2-4-6(5)8;/h1-4H;. The van der Waals surface area contributed by atoms with E-state index in [-0.39, 0.29) is 16.5 Å². The molecule has 0 unspecified atom stereocenters. The molecule has 0 nitrogen and oxygen atoms in total. The van der Waals surface area contributed by atoms with Crippen LogP contribution in [0, 0.1) is 11.6 Å². The normalized spacial score (nSPS) is 8.22. The molecule has 0 aliphatic rings. The summed E-state index contributed by atoms with van der Waals surface area (Å²) < 4.78 is 23.9. The fraction of sp³-hybridized carbons (Fsp3) is 0. The summed E-state index contributed by atoms with van der Waals surface area (Å²) in [5, 5.41) is 0. The Morgan fingerprint density at radius 3 is 1.44 bits per heavy atom. The Hall–Kier alpha value is -0.426. The second kappa shape index (κ2) is 3.57. The first-order chi connectivity index (χ1) is 3.80. The number of halogens is 2. The molecule has 3 heteroatoms. The minimum Gasteiger partial charge on any atom is -0.204 e. The van der Waals surface area contributed by atoms with E-state index >= 15 is 0 Å². The van der Waals surface area contributed by atoms with Crippen molar-refractivity contribution >= 4 is 0 Å². The predicted molar refractivity (Wildman–Crippen MR) is 26.4 cm³/mol. The fourth-order valence-corrected chi connectivity index (χ4v) is 0.439. The quantitative estimate of drug-likeness (QED) is 0.525. The molecule has 0 saturated carbocycles. The van der Waals surface area contributed by atoms with Gasteiger partial charge in [-0.15, -0.1) is 0 Å². The first-order valence-electron chi connectivity index (χ1n) is 2.21. The van der Waals surface area contributed by atoms with Crippen molar-refractivity contribution in [2.75, 3.05) is 0 Å². The number of hydrogen-bond acceptors (Lipinski definition) is 0. The van der Waals surface area contributed by atoms with Gasteiger partial charge in [0.05, 0.1) is 0 Å². The maximum absolute atomic E-state index is 11.9. The minimum absolute atomic E-state index is 0. The third-order valence-electron chi connectivity index (χ3n) is 0.824. The zero-order valence-electron chi connectivity index (χ0n) is 4.38. The van der Waals surface area contributed by atoms with Crippen LogP contribution < -0.4 is 0 Å². The molecule has 9 heavy (non-hydrogen) atoms. The third kappa shape index (κ3) is 2.10. The molecule has 0 N–H and O–H groups in total. The topological polar surface area (TPSA) is 0 Å². The Balaban J connectivity index is 0.000000640. The van der Waals surface area contributed by atoms with Gasteiger partial charge in [-0.2, -0.15) is 0 Å². The van der Waals surface area contributed by atoms with Crippen molar-refractivity contribution in [3.05, 3.63) is 35.9 Å². The Bertz CT molecular complexity index is 167. The SMILES string of the molecule is Fc1ccccc1F.[Ni]. The molecular formula is C6H4F2Ni. The van der Waals surface area contributed by atoms with Gasteiger partial charge in [0, 0.05) is 16.5 Å². The van der Waals surface area contributed by atoms with Gasteiger partial charge in [-0.1, -0.05) is 12.1 Å². The molecule has 0 amide bonds. The number of hydrogen-bond donors (Lipinski definition) is 0. The van der Waals surface area contributed by atoms with Crippen molar-refractivity contribution in [2.45, 2.75) is 0 Å². The molecule has 0 heterocycles. The van der Waals surface area contributed by atoms with Gasteiger partial charge in [0.1, 0.15) is 0 Å². The van der Waals surface area contributed by atoms with E-state index in [1.807, 2.05) is 0 Å². The molecule has 1 rings (SSSR count). The summed E-state index contributed by atoms with van der Waals surface area (Å²) in [4.78, 5) is 0. The Labute approximate surface area is 61.8 Å².